The van der Waals surface area contributed by atoms with Gasteiger partial charge in [-0.25, -0.2) is 0 Å². The molecule has 1 aromatic rings. The molecule has 0 aliphatic carbocycles. The molecule has 20 heavy (non-hydrogen) atoms. The molecule has 7 nitrogen and oxygen atoms in total. The summed E-state index contributed by atoms with van der Waals surface area (Å²) >= 11 is 0. The van der Waals surface area contributed by atoms with Crippen LogP contribution in [-0.2, 0) is 10.9 Å². The van der Waals surface area contributed by atoms with E-state index in [4.69, 9.17) is 9.84 Å². The zero-order valence-electron chi connectivity index (χ0n) is 10.1. The topological polar surface area (TPSA) is 111 Å². The summed E-state index contributed by atoms with van der Waals surface area (Å²) in [5.41, 5.74) is -1.03. The second-order valence-electron chi connectivity index (χ2n) is 4.45. The largest absolute Gasteiger partial charge is 0.432 e. The van der Waals surface area contributed by atoms with Crippen molar-refractivity contribution in [3.8, 4) is 0 Å². The molecule has 2 heterocycles. The van der Waals surface area contributed by atoms with E-state index >= 15 is 0 Å². The summed E-state index contributed by atoms with van der Waals surface area (Å²) in [6.07, 6.45) is -8.11. The molecule has 0 radical (unpaired) electrons. The fraction of sp³-hybridized carbons (Fsp3) is 0.700. The normalized spacial score (nSPS) is 31.3. The van der Waals surface area contributed by atoms with Crippen LogP contribution < -0.4 is 5.32 Å². The van der Waals surface area contributed by atoms with Gasteiger partial charge in [0, 0.05) is 6.07 Å². The smallest absolute Gasteiger partial charge is 0.394 e. The first-order valence-corrected chi connectivity index (χ1v) is 5.80. The lowest BCUT2D eigenvalue weighted by molar-refractivity contribution is -0.152. The molecule has 0 bridgehead atoms. The van der Waals surface area contributed by atoms with Crippen molar-refractivity contribution in [2.75, 3.05) is 18.5 Å². The lowest BCUT2D eigenvalue weighted by Gasteiger charge is -2.37. The van der Waals surface area contributed by atoms with Crippen molar-refractivity contribution in [3.05, 3.63) is 11.8 Å². The molecule has 1 fully saturated rings. The number of hydrogen-bond acceptors (Lipinski definition) is 6. The highest BCUT2D eigenvalue weighted by molar-refractivity contribution is 5.38. The highest BCUT2D eigenvalue weighted by atomic mass is 19.4. The molecule has 4 atom stereocenters. The van der Waals surface area contributed by atoms with Gasteiger partial charge in [-0.1, -0.05) is 0 Å². The summed E-state index contributed by atoms with van der Waals surface area (Å²) in [7, 11) is 0. The number of halogens is 3. The number of nitrogens with one attached hydrogen (secondary N) is 2. The predicted molar refractivity (Wildman–Crippen MR) is 59.8 cm³/mol. The van der Waals surface area contributed by atoms with Crippen LogP contribution in [0.1, 0.15) is 5.69 Å². The molecule has 0 unspecified atom stereocenters. The third kappa shape index (κ3) is 3.03. The predicted octanol–water partition coefficient (Wildman–Crippen LogP) is -0.678. The van der Waals surface area contributed by atoms with Gasteiger partial charge in [0.2, 0.25) is 0 Å². The van der Waals surface area contributed by atoms with Crippen LogP contribution >= 0.6 is 0 Å². The number of anilines is 1. The van der Waals surface area contributed by atoms with E-state index in [9.17, 15) is 23.4 Å². The number of hydrogen-bond donors (Lipinski definition) is 5. The van der Waals surface area contributed by atoms with Crippen molar-refractivity contribution < 1.29 is 33.2 Å². The van der Waals surface area contributed by atoms with E-state index in [1.807, 2.05) is 5.10 Å². The van der Waals surface area contributed by atoms with E-state index in [0.717, 1.165) is 6.07 Å². The Balaban J connectivity index is 2.02. The van der Waals surface area contributed by atoms with Crippen molar-refractivity contribution in [3.63, 3.8) is 0 Å². The molecule has 1 aliphatic heterocycles. The van der Waals surface area contributed by atoms with Gasteiger partial charge >= 0.3 is 6.18 Å². The summed E-state index contributed by atoms with van der Waals surface area (Å²) in [6.45, 7) is -0.552. The van der Waals surface area contributed by atoms with Crippen LogP contribution in [0.25, 0.3) is 0 Å². The zero-order valence-corrected chi connectivity index (χ0v) is 10.1. The molecular weight excluding hydrogens is 283 g/mol. The fourth-order valence-corrected chi connectivity index (χ4v) is 1.90. The number of nitrogens with zero attached hydrogens (tertiary/aromatic N) is 1. The minimum atomic E-state index is -4.55. The second kappa shape index (κ2) is 5.56. The quantitative estimate of drug-likeness (QED) is 0.506. The fourth-order valence-electron chi connectivity index (χ4n) is 1.90. The summed E-state index contributed by atoms with van der Waals surface area (Å²) in [6, 6.07) is -0.0887. The molecule has 2 rings (SSSR count). The monoisotopic (exact) mass is 297 g/mol. The van der Waals surface area contributed by atoms with E-state index in [1.54, 1.807) is 0 Å². The number of rotatable bonds is 3. The Kier molecular flexibility index (Phi) is 4.18. The molecule has 1 aromatic heterocycles. The van der Waals surface area contributed by atoms with E-state index in [-0.39, 0.29) is 12.4 Å². The van der Waals surface area contributed by atoms with Gasteiger partial charge in [-0.05, 0) is 0 Å². The van der Waals surface area contributed by atoms with Crippen molar-refractivity contribution in [1.29, 1.82) is 0 Å². The molecule has 114 valence electrons. The molecule has 10 heteroatoms. The summed E-state index contributed by atoms with van der Waals surface area (Å²) < 4.78 is 42.2. The van der Waals surface area contributed by atoms with Crippen molar-refractivity contribution >= 4 is 5.82 Å². The van der Waals surface area contributed by atoms with Gasteiger partial charge in [0.1, 0.15) is 29.8 Å². The number of alkyl halides is 3. The Morgan fingerprint density at radius 3 is 2.65 bits per heavy atom. The first kappa shape index (κ1) is 15.0. The molecular formula is C10H14F3N3O4. The minimum absolute atomic E-state index is 0.0857. The second-order valence-corrected chi connectivity index (χ2v) is 4.45. The maximum atomic E-state index is 12.4. The van der Waals surface area contributed by atoms with E-state index < -0.39 is 42.8 Å². The van der Waals surface area contributed by atoms with Crippen LogP contribution in [-0.4, -0.2) is 63.1 Å². The Morgan fingerprint density at radius 1 is 1.40 bits per heavy atom. The Morgan fingerprint density at radius 2 is 2.10 bits per heavy atom. The molecule has 1 aliphatic rings. The highest BCUT2D eigenvalue weighted by Gasteiger charge is 2.39. The SMILES string of the molecule is OC[C@H]1OC[C@H](Nc2cc(C(F)(F)F)[nH]n2)[C@@H](O)[C@H]1O. The first-order chi connectivity index (χ1) is 9.32. The number of aliphatic hydroxyl groups excluding tert-OH is 3. The maximum Gasteiger partial charge on any atom is 0.432 e. The minimum Gasteiger partial charge on any atom is -0.394 e. The third-order valence-corrected chi connectivity index (χ3v) is 3.03. The van der Waals surface area contributed by atoms with E-state index in [2.05, 4.69) is 10.4 Å². The lowest BCUT2D eigenvalue weighted by Crippen LogP contribution is -2.56. The van der Waals surface area contributed by atoms with Crippen molar-refractivity contribution in [1.82, 2.24) is 10.2 Å². The lowest BCUT2D eigenvalue weighted by atomic mass is 9.98. The van der Waals surface area contributed by atoms with Gasteiger partial charge < -0.3 is 25.4 Å². The van der Waals surface area contributed by atoms with Crippen molar-refractivity contribution in [2.45, 2.75) is 30.5 Å². The molecule has 0 aromatic carbocycles. The number of aromatic amines is 1. The van der Waals surface area contributed by atoms with Gasteiger partial charge in [-0.3, -0.25) is 5.10 Å². The molecule has 0 amide bonds. The Labute approximate surface area is 111 Å². The Bertz CT molecular complexity index is 453. The van der Waals surface area contributed by atoms with Crippen molar-refractivity contribution in [2.24, 2.45) is 0 Å². The van der Waals surface area contributed by atoms with Gasteiger partial charge in [0.15, 0.2) is 0 Å². The highest BCUT2D eigenvalue weighted by Crippen LogP contribution is 2.29. The molecule has 1 saturated heterocycles. The number of H-pyrrole nitrogens is 1. The first-order valence-electron chi connectivity index (χ1n) is 5.80. The molecule has 0 spiro atoms. The van der Waals surface area contributed by atoms with Gasteiger partial charge in [-0.15, -0.1) is 0 Å². The summed E-state index contributed by atoms with van der Waals surface area (Å²) in [5.74, 6) is -0.125. The van der Waals surface area contributed by atoms with Crippen LogP contribution in [0.3, 0.4) is 0 Å². The van der Waals surface area contributed by atoms with Crippen LogP contribution in [0.15, 0.2) is 6.07 Å². The van der Waals surface area contributed by atoms with Gasteiger partial charge in [0.05, 0.1) is 19.3 Å². The Hall–Kier alpha value is -1.36. The van der Waals surface area contributed by atoms with Crippen LogP contribution in [0.5, 0.6) is 0 Å². The average molecular weight is 297 g/mol. The van der Waals surface area contributed by atoms with E-state index in [1.165, 1.54) is 0 Å². The summed E-state index contributed by atoms with van der Waals surface area (Å²) in [4.78, 5) is 0. The van der Waals surface area contributed by atoms with Crippen LogP contribution in [0, 0.1) is 0 Å². The van der Waals surface area contributed by atoms with Gasteiger partial charge in [-0.2, -0.15) is 18.3 Å². The average Bonchev–Trinajstić information content (AvgIpc) is 2.84. The molecule has 0 saturated carbocycles. The van der Waals surface area contributed by atoms with Crippen LogP contribution in [0.2, 0.25) is 0 Å². The zero-order chi connectivity index (χ0) is 14.9. The van der Waals surface area contributed by atoms with Gasteiger partial charge in [0.25, 0.3) is 0 Å². The van der Waals surface area contributed by atoms with Crippen LogP contribution in [0.4, 0.5) is 19.0 Å². The third-order valence-electron chi connectivity index (χ3n) is 3.03. The standard InChI is InChI=1S/C10H14F3N3O4/c11-10(12,13)6-1-7(16-15-6)14-4-3-20-5(2-17)9(19)8(4)18/h1,4-5,8-9,17-19H,2-3H2,(H2,14,15,16)/t4-,5+,8+,9-/m0/s1. The number of aromatic nitrogens is 2. The maximum absolute atomic E-state index is 12.4. The number of aliphatic hydroxyl groups is 3. The van der Waals surface area contributed by atoms with E-state index in [0.29, 0.717) is 0 Å². The summed E-state index contributed by atoms with van der Waals surface area (Å²) in [5, 5.41) is 36.1. The molecule has 5 N–H and O–H groups in total. The number of ether oxygens (including phenoxy) is 1.